The van der Waals surface area contributed by atoms with Gasteiger partial charge in [0.1, 0.15) is 53.9 Å². The number of halogens is 3. The number of ether oxygens (including phenoxy) is 2. The molecule has 3 unspecified atom stereocenters. The molecule has 2 bridgehead atoms. The molecular formula is C78H125F3N12O14S. The molecule has 1 spiro atoms. The van der Waals surface area contributed by atoms with Gasteiger partial charge in [-0.15, -0.1) is 0 Å². The molecule has 7 fully saturated rings. The lowest BCUT2D eigenvalue weighted by atomic mass is 9.74. The minimum absolute atomic E-state index is 0.0230. The predicted molar refractivity (Wildman–Crippen MR) is 402 cm³/mol. The topological polar surface area (TPSA) is 289 Å². The predicted octanol–water partition coefficient (Wildman–Crippen LogP) is 6.02. The highest BCUT2D eigenvalue weighted by Crippen LogP contribution is 2.46. The van der Waals surface area contributed by atoms with E-state index in [0.29, 0.717) is 43.3 Å². The first kappa shape index (κ1) is 87.0. The maximum Gasteiger partial charge on any atom is 0.391 e. The summed E-state index contributed by atoms with van der Waals surface area (Å²) in [6.45, 7) is 8.21. The van der Waals surface area contributed by atoms with Gasteiger partial charge in [0.05, 0.1) is 38.1 Å². The second kappa shape index (κ2) is 39.1. The molecule has 4 aliphatic heterocycles. The van der Waals surface area contributed by atoms with Gasteiger partial charge in [0.25, 0.3) is 0 Å². The fourth-order valence-corrected chi connectivity index (χ4v) is 19.5. The standard InChI is InChI=1S/C78H125F3N12O14S/c1-14-49(5)66-74(103)87(8)47-65(96)88(9)57-24-17-16-20-36-92(73(57)102)61(42-51-25-29-54(30-26-51)78(79,80)81)72(101)86(7)46-63(94)82-56(31-27-50-28-32-62-53(41-50)33-39-108-62)70(99)93-45-55(107-15-2)43-59(93)69(98)84-77(34-21-35-77)76(105)91(12)67(52-22-18-19-23-52)75(104)90(11)60(71(100)85(6)37-38-106-13)44-64(95)89(10)58(40-48(3)4)68(97)83-66/h16-17,48-62,66-67H,14-15,18-47H2,1-13H3,(H,82,94)(H,83,97)(H,84,98)/b17-16-/t49-,50?,51?,53?,54?,55+,56-,57-,58-,59-,60-,61-,62?,66-,67-/m0/s1. The largest absolute Gasteiger partial charge is 0.391 e. The second-order valence-electron chi connectivity index (χ2n) is 32.9. The summed E-state index contributed by atoms with van der Waals surface area (Å²) in [5.41, 5.74) is -1.55. The zero-order valence-electron chi connectivity index (χ0n) is 66.4. The summed E-state index contributed by atoms with van der Waals surface area (Å²) < 4.78 is 54.0. The first-order valence-electron chi connectivity index (χ1n) is 39.9. The average Bonchev–Trinajstić information content (AvgIpc) is 1.09. The molecule has 13 atom stereocenters. The molecule has 108 heavy (non-hydrogen) atoms. The summed E-state index contributed by atoms with van der Waals surface area (Å²) in [6.07, 6.45) is 6.53. The molecule has 26 nitrogen and oxygen atoms in total. The fourth-order valence-electron chi connectivity index (χ4n) is 17.9. The maximum absolute atomic E-state index is 15.7. The van der Waals surface area contributed by atoms with Crippen molar-refractivity contribution in [3.63, 3.8) is 0 Å². The van der Waals surface area contributed by atoms with E-state index in [0.717, 1.165) is 54.1 Å². The molecule has 4 aliphatic carbocycles. The van der Waals surface area contributed by atoms with E-state index in [1.54, 1.807) is 26.0 Å². The van der Waals surface area contributed by atoms with E-state index in [-0.39, 0.29) is 122 Å². The zero-order chi connectivity index (χ0) is 79.2. The van der Waals surface area contributed by atoms with Crippen molar-refractivity contribution in [1.82, 2.24) is 60.0 Å². The molecule has 0 radical (unpaired) electrons. The number of carbonyl (C=O) groups excluding carboxylic acids is 12. The van der Waals surface area contributed by atoms with Crippen LogP contribution in [0.3, 0.4) is 0 Å². The third-order valence-corrected chi connectivity index (χ3v) is 26.6. The van der Waals surface area contributed by atoms with Crippen LogP contribution in [-0.2, 0) is 67.0 Å². The Morgan fingerprint density at radius 3 is 1.99 bits per heavy atom. The number of fused-ring (bicyclic) bond motifs is 4. The summed E-state index contributed by atoms with van der Waals surface area (Å²) in [4.78, 5) is 195. The monoisotopic (exact) mass is 1540 g/mol. The number of hydrogen-bond acceptors (Lipinski definition) is 15. The van der Waals surface area contributed by atoms with E-state index >= 15 is 38.4 Å². The second-order valence-corrected chi connectivity index (χ2v) is 34.2. The Bertz CT molecular complexity index is 3200. The number of carbonyl (C=O) groups is 12. The summed E-state index contributed by atoms with van der Waals surface area (Å²) in [7, 11) is 11.5. The third-order valence-electron chi connectivity index (χ3n) is 25.0. The van der Waals surface area contributed by atoms with Crippen LogP contribution in [0.2, 0.25) is 0 Å². The van der Waals surface area contributed by atoms with Gasteiger partial charge in [-0.3, -0.25) is 57.5 Å². The molecule has 0 aromatic heterocycles. The van der Waals surface area contributed by atoms with Gasteiger partial charge in [0.2, 0.25) is 70.9 Å². The Morgan fingerprint density at radius 1 is 0.685 bits per heavy atom. The zero-order valence-corrected chi connectivity index (χ0v) is 67.2. The number of rotatable bonds is 16. The van der Waals surface area contributed by atoms with Gasteiger partial charge in [-0.25, -0.2) is 0 Å². The van der Waals surface area contributed by atoms with Crippen molar-refractivity contribution in [1.29, 1.82) is 0 Å². The van der Waals surface area contributed by atoms with E-state index in [9.17, 15) is 32.3 Å². The number of likely N-dealkylation sites (N-methyl/N-ethyl adjacent to an activating group) is 7. The van der Waals surface area contributed by atoms with Gasteiger partial charge < -0.3 is 69.5 Å². The van der Waals surface area contributed by atoms with Gasteiger partial charge in [0.15, 0.2) is 0 Å². The lowest BCUT2D eigenvalue weighted by Gasteiger charge is -2.46. The Labute approximate surface area is 641 Å². The quantitative estimate of drug-likeness (QED) is 0.149. The smallest absolute Gasteiger partial charge is 0.383 e. The number of alkyl halides is 3. The van der Waals surface area contributed by atoms with Crippen LogP contribution in [0.5, 0.6) is 0 Å². The van der Waals surface area contributed by atoms with Crippen molar-refractivity contribution >= 4 is 82.6 Å². The van der Waals surface area contributed by atoms with E-state index in [4.69, 9.17) is 9.47 Å². The van der Waals surface area contributed by atoms with Crippen molar-refractivity contribution in [2.75, 3.05) is 108 Å². The van der Waals surface area contributed by atoms with E-state index in [1.807, 2.05) is 32.5 Å². The SMILES string of the molecule is CCO[C@@H]1C[C@H]2C(=O)NC3(CCC3)C(=O)N(C)[C@@H](C3CCCC3)C(=O)N(C)[C@H](C(=O)N(C)CCOC)CC(=O)N(C)[C@@H](CC(C)C)C(=O)N[C@@H]([C@@H](C)CC)C(=O)N(C)CC(=O)N(C)[C@H]3C/C=C\CCN(C3=O)[C@@H](CC3CCC(C(F)(F)F)CC3)C(=O)N(C)CC(=O)N[C@@H](CCC3CCC4SCCC4C3)C(=O)N2C1. The van der Waals surface area contributed by atoms with E-state index < -0.39 is 180 Å². The highest BCUT2D eigenvalue weighted by atomic mass is 32.2. The summed E-state index contributed by atoms with van der Waals surface area (Å²) in [6, 6.07) is -10.2. The minimum Gasteiger partial charge on any atom is -0.383 e. The van der Waals surface area contributed by atoms with Crippen LogP contribution >= 0.6 is 11.8 Å². The lowest BCUT2D eigenvalue weighted by molar-refractivity contribution is -0.184. The van der Waals surface area contributed by atoms with Crippen LogP contribution in [-0.4, -0.2) is 295 Å². The van der Waals surface area contributed by atoms with E-state index in [1.165, 1.54) is 90.7 Å². The van der Waals surface area contributed by atoms with Crippen molar-refractivity contribution in [2.24, 2.45) is 41.4 Å². The highest BCUT2D eigenvalue weighted by Gasteiger charge is 2.54. The lowest BCUT2D eigenvalue weighted by Crippen LogP contribution is -2.68. The van der Waals surface area contributed by atoms with Crippen molar-refractivity contribution < 1.29 is 80.2 Å². The Balaban J connectivity index is 1.20. The molecule has 4 saturated carbocycles. The van der Waals surface area contributed by atoms with Crippen molar-refractivity contribution in [3.8, 4) is 0 Å². The molecule has 0 aromatic carbocycles. The number of thioether (sulfide) groups is 1. The van der Waals surface area contributed by atoms with Crippen LogP contribution in [0.15, 0.2) is 12.2 Å². The van der Waals surface area contributed by atoms with Crippen LogP contribution in [0.1, 0.15) is 189 Å². The van der Waals surface area contributed by atoms with Gasteiger partial charge >= 0.3 is 6.18 Å². The number of amides is 12. The minimum atomic E-state index is -4.43. The molecular weight excluding hydrogens is 1420 g/mol. The molecule has 12 amide bonds. The van der Waals surface area contributed by atoms with Crippen molar-refractivity contribution in [3.05, 3.63) is 12.2 Å². The van der Waals surface area contributed by atoms with Crippen LogP contribution in [0.4, 0.5) is 13.2 Å². The molecule has 4 heterocycles. The van der Waals surface area contributed by atoms with Gasteiger partial charge in [0, 0.05) is 94.4 Å². The Morgan fingerprint density at radius 2 is 1.36 bits per heavy atom. The number of nitrogens with zero attached hydrogens (tertiary/aromatic N) is 9. The molecule has 8 rings (SSSR count). The molecule has 8 aliphatic rings. The van der Waals surface area contributed by atoms with Gasteiger partial charge in [-0.05, 0) is 170 Å². The van der Waals surface area contributed by atoms with Gasteiger partial charge in [-0.1, -0.05) is 59.1 Å². The normalized spacial score (nSPS) is 31.6. The summed E-state index contributed by atoms with van der Waals surface area (Å²) >= 11 is 1.99. The molecule has 608 valence electrons. The fraction of sp³-hybridized carbons (Fsp3) is 0.821. The van der Waals surface area contributed by atoms with Crippen molar-refractivity contribution in [2.45, 2.75) is 260 Å². The number of hydrogen-bond donors (Lipinski definition) is 3. The van der Waals surface area contributed by atoms with Crippen LogP contribution in [0, 0.1) is 41.4 Å². The molecule has 3 saturated heterocycles. The first-order valence-corrected chi connectivity index (χ1v) is 41.0. The summed E-state index contributed by atoms with van der Waals surface area (Å²) in [5, 5.41) is 9.56. The highest BCUT2D eigenvalue weighted by molar-refractivity contribution is 8.00. The molecule has 30 heteroatoms. The number of methoxy groups -OCH3 is 1. The molecule has 0 aromatic rings. The van der Waals surface area contributed by atoms with Gasteiger partial charge in [-0.2, -0.15) is 24.9 Å². The Hall–Kier alpha value is -6.56. The van der Waals surface area contributed by atoms with Crippen LogP contribution in [0.25, 0.3) is 0 Å². The summed E-state index contributed by atoms with van der Waals surface area (Å²) in [5.74, 6) is -9.19. The third kappa shape index (κ3) is 21.4. The Kier molecular flexibility index (Phi) is 31.5. The van der Waals surface area contributed by atoms with Crippen LogP contribution < -0.4 is 16.0 Å². The average molecular weight is 1540 g/mol. The number of nitrogens with one attached hydrogen (secondary N) is 3. The molecule has 3 N–H and O–H groups in total. The first-order chi connectivity index (χ1) is 51.1. The maximum atomic E-state index is 15.7. The van der Waals surface area contributed by atoms with E-state index in [2.05, 4.69) is 16.0 Å².